The molecule has 5 heteroatoms. The zero-order valence-corrected chi connectivity index (χ0v) is 6.64. The first kappa shape index (κ1) is 8.73. The fourth-order valence-electron chi connectivity index (χ4n) is 0.847. The molecular weight excluding hydrogens is 160 g/mol. The molecule has 0 bridgehead atoms. The molecule has 12 heavy (non-hydrogen) atoms. The first-order valence-corrected chi connectivity index (χ1v) is 3.52. The van der Waals surface area contributed by atoms with Crippen LogP contribution in [0.3, 0.4) is 0 Å². The summed E-state index contributed by atoms with van der Waals surface area (Å²) in [4.78, 5) is 15.6. The van der Waals surface area contributed by atoms with Gasteiger partial charge in [0.2, 0.25) is 0 Å². The highest BCUT2D eigenvalue weighted by Gasteiger charge is 2.14. The van der Waals surface area contributed by atoms with Crippen LogP contribution < -0.4 is 0 Å². The van der Waals surface area contributed by atoms with E-state index in [4.69, 9.17) is 10.2 Å². The summed E-state index contributed by atoms with van der Waals surface area (Å²) in [5, 5.41) is 17.7. The lowest BCUT2D eigenvalue weighted by atomic mass is 10.4. The summed E-state index contributed by atoms with van der Waals surface area (Å²) in [7, 11) is 0. The third-order valence-electron chi connectivity index (χ3n) is 1.51. The molecule has 0 saturated heterocycles. The van der Waals surface area contributed by atoms with Crippen LogP contribution in [0.15, 0.2) is 16.9 Å². The lowest BCUT2D eigenvalue weighted by Gasteiger charge is -2.23. The maximum absolute atomic E-state index is 10.4. The van der Waals surface area contributed by atoms with E-state index >= 15 is 0 Å². The van der Waals surface area contributed by atoms with Gasteiger partial charge in [-0.2, -0.15) is 0 Å². The van der Waals surface area contributed by atoms with E-state index in [1.807, 2.05) is 0 Å². The molecule has 1 aliphatic heterocycles. The second-order valence-electron chi connectivity index (χ2n) is 2.46. The molecule has 2 N–H and O–H groups in total. The largest absolute Gasteiger partial charge is 0.476 e. The van der Waals surface area contributed by atoms with Gasteiger partial charge in [0.15, 0.2) is 5.70 Å². The first-order valence-electron chi connectivity index (χ1n) is 3.52. The topological polar surface area (TPSA) is 73.1 Å². The van der Waals surface area contributed by atoms with Crippen LogP contribution in [0.5, 0.6) is 0 Å². The molecule has 0 radical (unpaired) electrons. The highest BCUT2D eigenvalue weighted by molar-refractivity contribution is 5.89. The Kier molecular flexibility index (Phi) is 2.44. The second-order valence-corrected chi connectivity index (χ2v) is 2.46. The highest BCUT2D eigenvalue weighted by Crippen LogP contribution is 2.06. The monoisotopic (exact) mass is 170 g/mol. The van der Waals surface area contributed by atoms with Crippen LogP contribution in [0.4, 0.5) is 0 Å². The summed E-state index contributed by atoms with van der Waals surface area (Å²) in [5.74, 6) is -1.09. The molecule has 66 valence electrons. The number of rotatable bonds is 2. The predicted molar refractivity (Wildman–Crippen MR) is 42.6 cm³/mol. The van der Waals surface area contributed by atoms with E-state index in [0.29, 0.717) is 6.54 Å². The van der Waals surface area contributed by atoms with Gasteiger partial charge in [-0.25, -0.2) is 4.79 Å². The first-order chi connectivity index (χ1) is 5.61. The van der Waals surface area contributed by atoms with Gasteiger partial charge >= 0.3 is 5.97 Å². The van der Waals surface area contributed by atoms with Gasteiger partial charge in [-0.3, -0.25) is 4.99 Å². The van der Waals surface area contributed by atoms with E-state index in [1.165, 1.54) is 17.3 Å². The van der Waals surface area contributed by atoms with Crippen LogP contribution in [0.25, 0.3) is 0 Å². The molecule has 0 aromatic carbocycles. The molecule has 1 rings (SSSR count). The van der Waals surface area contributed by atoms with Crippen LogP contribution in [0, 0.1) is 0 Å². The average Bonchev–Trinajstić information content (AvgIpc) is 2.04. The highest BCUT2D eigenvalue weighted by atomic mass is 16.4. The lowest BCUT2D eigenvalue weighted by molar-refractivity contribution is -0.132. The summed E-state index contributed by atoms with van der Waals surface area (Å²) < 4.78 is 0. The Morgan fingerprint density at radius 3 is 3.00 bits per heavy atom. The van der Waals surface area contributed by atoms with Crippen molar-refractivity contribution in [1.29, 1.82) is 0 Å². The summed E-state index contributed by atoms with van der Waals surface area (Å²) in [6.45, 7) is 2.00. The molecule has 1 aliphatic rings. The van der Waals surface area contributed by atoms with Crippen molar-refractivity contribution in [3.05, 3.63) is 11.9 Å². The smallest absolute Gasteiger partial charge is 0.355 e. The van der Waals surface area contributed by atoms with Gasteiger partial charge < -0.3 is 15.1 Å². The van der Waals surface area contributed by atoms with Crippen molar-refractivity contribution in [2.75, 3.05) is 6.54 Å². The predicted octanol–water partition coefficient (Wildman–Crippen LogP) is -0.363. The molecule has 0 amide bonds. The van der Waals surface area contributed by atoms with Crippen molar-refractivity contribution < 1.29 is 15.0 Å². The van der Waals surface area contributed by atoms with Crippen molar-refractivity contribution >= 4 is 12.2 Å². The fourth-order valence-corrected chi connectivity index (χ4v) is 0.847. The number of hydrogen-bond donors (Lipinski definition) is 2. The third-order valence-corrected chi connectivity index (χ3v) is 1.51. The Hall–Kier alpha value is -1.36. The van der Waals surface area contributed by atoms with Crippen LogP contribution in [0.2, 0.25) is 0 Å². The Bertz CT molecular complexity index is 245. The number of aliphatic imine (C=N–C) groups is 1. The molecule has 0 spiro atoms. The lowest BCUT2D eigenvalue weighted by Crippen LogP contribution is -2.32. The fraction of sp³-hybridized carbons (Fsp3) is 0.429. The standard InChI is InChI=1S/C7H10N2O3/c1-5(10)9-3-2-8-6(4-9)7(11)12/h2,4-5,10H,3H2,1H3,(H,11,12)/t5-/m0/s1. The number of carboxylic acids is 1. The Morgan fingerprint density at radius 2 is 2.50 bits per heavy atom. The van der Waals surface area contributed by atoms with Crippen molar-refractivity contribution in [2.24, 2.45) is 4.99 Å². The summed E-state index contributed by atoms with van der Waals surface area (Å²) in [6.07, 6.45) is 2.09. The molecule has 0 unspecified atom stereocenters. The van der Waals surface area contributed by atoms with Crippen molar-refractivity contribution in [3.8, 4) is 0 Å². The van der Waals surface area contributed by atoms with Gasteiger partial charge in [-0.05, 0) is 6.92 Å². The molecular formula is C7H10N2O3. The van der Waals surface area contributed by atoms with Gasteiger partial charge in [-0.1, -0.05) is 0 Å². The Labute approximate surface area is 69.6 Å². The van der Waals surface area contributed by atoms with E-state index in [2.05, 4.69) is 4.99 Å². The van der Waals surface area contributed by atoms with Crippen LogP contribution in [-0.4, -0.2) is 40.1 Å². The second kappa shape index (κ2) is 3.36. The minimum absolute atomic E-state index is 0.0536. The van der Waals surface area contributed by atoms with E-state index in [-0.39, 0.29) is 5.70 Å². The zero-order valence-electron chi connectivity index (χ0n) is 6.64. The maximum Gasteiger partial charge on any atom is 0.355 e. The van der Waals surface area contributed by atoms with Crippen LogP contribution in [-0.2, 0) is 4.79 Å². The number of hydrogen-bond acceptors (Lipinski definition) is 4. The number of carbonyl (C=O) groups is 1. The summed E-state index contributed by atoms with van der Waals surface area (Å²) in [6, 6.07) is 0. The number of aliphatic hydroxyl groups excluding tert-OH is 1. The zero-order chi connectivity index (χ0) is 9.14. The SMILES string of the molecule is C[C@H](O)N1C=C(C(=O)O)N=CC1. The minimum atomic E-state index is -1.09. The van der Waals surface area contributed by atoms with Crippen molar-refractivity contribution in [1.82, 2.24) is 4.90 Å². The van der Waals surface area contributed by atoms with E-state index < -0.39 is 12.2 Å². The van der Waals surface area contributed by atoms with E-state index in [0.717, 1.165) is 0 Å². The average molecular weight is 170 g/mol. The quantitative estimate of drug-likeness (QED) is 0.593. The van der Waals surface area contributed by atoms with Crippen LogP contribution >= 0.6 is 0 Å². The number of nitrogens with zero attached hydrogens (tertiary/aromatic N) is 2. The Morgan fingerprint density at radius 1 is 1.83 bits per heavy atom. The molecule has 1 heterocycles. The maximum atomic E-state index is 10.4. The summed E-state index contributed by atoms with van der Waals surface area (Å²) in [5.41, 5.74) is -0.0536. The normalized spacial score (nSPS) is 18.8. The number of aliphatic carboxylic acids is 1. The van der Waals surface area contributed by atoms with E-state index in [1.54, 1.807) is 6.92 Å². The molecule has 5 nitrogen and oxygen atoms in total. The van der Waals surface area contributed by atoms with Gasteiger partial charge in [0, 0.05) is 12.4 Å². The van der Waals surface area contributed by atoms with Gasteiger partial charge in [-0.15, -0.1) is 0 Å². The minimum Gasteiger partial charge on any atom is -0.476 e. The van der Waals surface area contributed by atoms with E-state index in [9.17, 15) is 4.79 Å². The molecule has 0 aromatic rings. The molecule has 0 fully saturated rings. The Balaban J connectivity index is 2.75. The van der Waals surface area contributed by atoms with Gasteiger partial charge in [0.25, 0.3) is 0 Å². The van der Waals surface area contributed by atoms with Crippen molar-refractivity contribution in [3.63, 3.8) is 0 Å². The van der Waals surface area contributed by atoms with Crippen LogP contribution in [0.1, 0.15) is 6.92 Å². The van der Waals surface area contributed by atoms with Crippen molar-refractivity contribution in [2.45, 2.75) is 13.2 Å². The van der Waals surface area contributed by atoms with Gasteiger partial charge in [0.1, 0.15) is 6.23 Å². The van der Waals surface area contributed by atoms with Gasteiger partial charge in [0.05, 0.1) is 6.54 Å². The number of carboxylic acid groups (broad SMARTS) is 1. The number of aliphatic hydroxyl groups is 1. The third kappa shape index (κ3) is 1.82. The summed E-state index contributed by atoms with van der Waals surface area (Å²) >= 11 is 0. The molecule has 1 atom stereocenters. The molecule has 0 aromatic heterocycles. The molecule has 0 saturated carbocycles. The molecule has 0 aliphatic carbocycles.